The average Bonchev–Trinajstić information content (AvgIpc) is 3.31. The van der Waals surface area contributed by atoms with Crippen LogP contribution in [0.25, 0.3) is 0 Å². The first kappa shape index (κ1) is 36.7. The summed E-state index contributed by atoms with van der Waals surface area (Å²) in [6.07, 6.45) is 3.97. The SMILES string of the molecule is CCc1ccc(NC(=O)[C@H](CCCNC(N)=O)NC(=O)[C@@H](NC(=O)CCCCCCC(=O)ON2C(=O)CCC2=O)C(C)C)cc1. The molecule has 1 saturated heterocycles. The molecule has 7 amide bonds. The lowest BCUT2D eigenvalue weighted by Gasteiger charge is -2.25. The Hall–Kier alpha value is -4.49. The van der Waals surface area contributed by atoms with Crippen molar-refractivity contribution in [2.75, 3.05) is 11.9 Å². The third-order valence-corrected chi connectivity index (χ3v) is 7.23. The Morgan fingerprint density at radius 3 is 2.07 bits per heavy atom. The minimum Gasteiger partial charge on any atom is -0.352 e. The molecular formula is C31H46N6O8. The first-order chi connectivity index (χ1) is 21.4. The molecular weight excluding hydrogens is 584 g/mol. The Balaban J connectivity index is 1.83. The van der Waals surface area contributed by atoms with Crippen molar-refractivity contribution >= 4 is 47.2 Å². The fourth-order valence-electron chi connectivity index (χ4n) is 4.60. The van der Waals surface area contributed by atoms with Crippen LogP contribution in [0.3, 0.4) is 0 Å². The number of amides is 7. The number of anilines is 1. The number of benzene rings is 1. The minimum absolute atomic E-state index is 0.0353. The summed E-state index contributed by atoms with van der Waals surface area (Å²) < 4.78 is 0. The van der Waals surface area contributed by atoms with Crippen molar-refractivity contribution in [2.24, 2.45) is 11.7 Å². The number of urea groups is 1. The van der Waals surface area contributed by atoms with Crippen molar-refractivity contribution < 1.29 is 38.4 Å². The van der Waals surface area contributed by atoms with Gasteiger partial charge in [-0.1, -0.05) is 45.7 Å². The van der Waals surface area contributed by atoms with E-state index in [4.69, 9.17) is 10.6 Å². The van der Waals surface area contributed by atoms with Crippen molar-refractivity contribution in [1.82, 2.24) is 21.0 Å². The third kappa shape index (κ3) is 13.4. The zero-order chi connectivity index (χ0) is 33.4. The van der Waals surface area contributed by atoms with E-state index in [1.807, 2.05) is 19.1 Å². The molecule has 0 saturated carbocycles. The van der Waals surface area contributed by atoms with Crippen LogP contribution < -0.4 is 27.0 Å². The molecule has 1 aliphatic heterocycles. The third-order valence-electron chi connectivity index (χ3n) is 7.23. The number of hydroxylamine groups is 2. The number of aryl methyl sites for hydroxylation is 1. The molecule has 1 fully saturated rings. The molecule has 6 N–H and O–H groups in total. The van der Waals surface area contributed by atoms with E-state index in [1.54, 1.807) is 26.0 Å². The van der Waals surface area contributed by atoms with E-state index in [-0.39, 0.29) is 50.5 Å². The van der Waals surface area contributed by atoms with Gasteiger partial charge in [0.15, 0.2) is 0 Å². The van der Waals surface area contributed by atoms with Gasteiger partial charge >= 0.3 is 12.0 Å². The molecule has 1 heterocycles. The Morgan fingerprint density at radius 2 is 1.49 bits per heavy atom. The van der Waals surface area contributed by atoms with Gasteiger partial charge in [-0.25, -0.2) is 9.59 Å². The summed E-state index contributed by atoms with van der Waals surface area (Å²) in [5.74, 6) is -3.23. The quantitative estimate of drug-likeness (QED) is 0.113. The van der Waals surface area contributed by atoms with Gasteiger partial charge in [0.2, 0.25) is 17.7 Å². The molecule has 2 rings (SSSR count). The Bertz CT molecular complexity index is 1190. The second-order valence-electron chi connectivity index (χ2n) is 11.3. The first-order valence-electron chi connectivity index (χ1n) is 15.5. The average molecular weight is 631 g/mol. The Labute approximate surface area is 263 Å². The van der Waals surface area contributed by atoms with Crippen molar-refractivity contribution in [3.8, 4) is 0 Å². The monoisotopic (exact) mass is 630 g/mol. The number of nitrogens with one attached hydrogen (secondary N) is 4. The number of carbonyl (C=O) groups is 7. The number of hydrogen-bond acceptors (Lipinski definition) is 8. The lowest BCUT2D eigenvalue weighted by Crippen LogP contribution is -2.54. The largest absolute Gasteiger partial charge is 0.352 e. The predicted octanol–water partition coefficient (Wildman–Crippen LogP) is 2.21. The molecule has 2 atom stereocenters. The summed E-state index contributed by atoms with van der Waals surface area (Å²) in [7, 11) is 0. The predicted molar refractivity (Wildman–Crippen MR) is 165 cm³/mol. The van der Waals surface area contributed by atoms with Gasteiger partial charge in [-0.15, -0.1) is 5.06 Å². The summed E-state index contributed by atoms with van der Waals surface area (Å²) in [4.78, 5) is 89.9. The number of unbranched alkanes of at least 4 members (excludes halogenated alkanes) is 3. The fraction of sp³-hybridized carbons (Fsp3) is 0.581. The van der Waals surface area contributed by atoms with Crippen LogP contribution in [-0.2, 0) is 40.0 Å². The second kappa shape index (κ2) is 19.0. The van der Waals surface area contributed by atoms with Gasteiger partial charge in [0.1, 0.15) is 12.1 Å². The molecule has 14 heteroatoms. The highest BCUT2D eigenvalue weighted by molar-refractivity contribution is 6.01. The number of nitrogens with two attached hydrogens (primary N) is 1. The van der Waals surface area contributed by atoms with Crippen LogP contribution in [0.1, 0.15) is 90.5 Å². The molecule has 14 nitrogen and oxygen atoms in total. The molecule has 1 aliphatic rings. The van der Waals surface area contributed by atoms with Crippen LogP contribution in [0, 0.1) is 5.92 Å². The van der Waals surface area contributed by atoms with Crippen LogP contribution in [0.5, 0.6) is 0 Å². The van der Waals surface area contributed by atoms with Crippen LogP contribution in [0.2, 0.25) is 0 Å². The highest BCUT2D eigenvalue weighted by Gasteiger charge is 2.32. The summed E-state index contributed by atoms with van der Waals surface area (Å²) in [5, 5.41) is 11.3. The van der Waals surface area contributed by atoms with Gasteiger partial charge in [0, 0.05) is 37.9 Å². The van der Waals surface area contributed by atoms with E-state index in [2.05, 4.69) is 21.3 Å². The normalized spacial score (nSPS) is 14.1. The van der Waals surface area contributed by atoms with Crippen LogP contribution >= 0.6 is 0 Å². The lowest BCUT2D eigenvalue weighted by atomic mass is 10.0. The van der Waals surface area contributed by atoms with E-state index in [0.717, 1.165) is 12.0 Å². The standard InChI is InChI=1S/C31H46N6O8/c1-4-21-13-15-22(16-14-21)34-29(42)23(10-9-19-33-31(32)44)35-30(43)28(20(2)3)36-24(38)11-7-5-6-8-12-27(41)45-37-25(39)17-18-26(37)40/h13-16,20,23,28H,4-12,17-19H2,1-3H3,(H,34,42)(H,35,43)(H,36,38)(H3,32,33,44)/t23-,28-/m0/s1. The van der Waals surface area contributed by atoms with E-state index < -0.39 is 47.7 Å². The fourth-order valence-corrected chi connectivity index (χ4v) is 4.60. The van der Waals surface area contributed by atoms with Crippen molar-refractivity contribution in [1.29, 1.82) is 0 Å². The molecule has 0 aromatic heterocycles. The second-order valence-corrected chi connectivity index (χ2v) is 11.3. The molecule has 1 aromatic rings. The number of nitrogens with zero attached hydrogens (tertiary/aromatic N) is 1. The van der Waals surface area contributed by atoms with E-state index in [9.17, 15) is 33.6 Å². The zero-order valence-corrected chi connectivity index (χ0v) is 26.3. The Kier molecular flexibility index (Phi) is 15.5. The van der Waals surface area contributed by atoms with Gasteiger partial charge in [0.25, 0.3) is 11.8 Å². The lowest BCUT2D eigenvalue weighted by molar-refractivity contribution is -0.197. The number of imide groups is 1. The van der Waals surface area contributed by atoms with E-state index in [1.165, 1.54) is 0 Å². The van der Waals surface area contributed by atoms with Gasteiger partial charge in [0.05, 0.1) is 0 Å². The maximum Gasteiger partial charge on any atom is 0.333 e. The summed E-state index contributed by atoms with van der Waals surface area (Å²) in [6.45, 7) is 5.82. The number of carbonyl (C=O) groups excluding carboxylic acids is 7. The van der Waals surface area contributed by atoms with Crippen molar-refractivity contribution in [2.45, 2.75) is 103 Å². The smallest absolute Gasteiger partial charge is 0.333 e. The number of hydrogen-bond donors (Lipinski definition) is 5. The highest BCUT2D eigenvalue weighted by atomic mass is 16.7. The molecule has 0 aliphatic carbocycles. The minimum atomic E-state index is -0.926. The van der Waals surface area contributed by atoms with Gasteiger partial charge in [-0.2, -0.15) is 0 Å². The van der Waals surface area contributed by atoms with Crippen molar-refractivity contribution in [3.63, 3.8) is 0 Å². The van der Waals surface area contributed by atoms with Crippen molar-refractivity contribution in [3.05, 3.63) is 29.8 Å². The number of rotatable bonds is 19. The topological polar surface area (TPSA) is 206 Å². The Morgan fingerprint density at radius 1 is 0.867 bits per heavy atom. The molecule has 0 bridgehead atoms. The van der Waals surface area contributed by atoms with Crippen LogP contribution in [-0.4, -0.2) is 65.2 Å². The molecule has 0 unspecified atom stereocenters. The number of primary amides is 1. The maximum atomic E-state index is 13.3. The molecule has 1 aromatic carbocycles. The van der Waals surface area contributed by atoms with E-state index in [0.29, 0.717) is 42.9 Å². The van der Waals surface area contributed by atoms with Gasteiger partial charge < -0.3 is 31.8 Å². The van der Waals surface area contributed by atoms with Gasteiger partial charge in [-0.05, 0) is 55.7 Å². The molecule has 0 radical (unpaired) electrons. The summed E-state index contributed by atoms with van der Waals surface area (Å²) in [6, 6.07) is 4.88. The molecule has 45 heavy (non-hydrogen) atoms. The first-order valence-corrected chi connectivity index (χ1v) is 15.5. The maximum absolute atomic E-state index is 13.3. The molecule has 0 spiro atoms. The summed E-state index contributed by atoms with van der Waals surface area (Å²) >= 11 is 0. The van der Waals surface area contributed by atoms with E-state index >= 15 is 0 Å². The van der Waals surface area contributed by atoms with Crippen LogP contribution in [0.4, 0.5) is 10.5 Å². The zero-order valence-electron chi connectivity index (χ0n) is 26.3. The molecule has 248 valence electrons. The van der Waals surface area contributed by atoms with Crippen LogP contribution in [0.15, 0.2) is 24.3 Å². The van der Waals surface area contributed by atoms with Gasteiger partial charge in [-0.3, -0.25) is 24.0 Å². The summed E-state index contributed by atoms with van der Waals surface area (Å²) in [5.41, 5.74) is 6.81. The highest BCUT2D eigenvalue weighted by Crippen LogP contribution is 2.15.